The van der Waals surface area contributed by atoms with Gasteiger partial charge in [0.2, 0.25) is 0 Å². The molecule has 0 atom stereocenters. The lowest BCUT2D eigenvalue weighted by atomic mass is 10.1. The molecule has 33 heavy (non-hydrogen) atoms. The first kappa shape index (κ1) is 21.5. The van der Waals surface area contributed by atoms with Gasteiger partial charge in [-0.3, -0.25) is 4.79 Å². The number of fused-ring (bicyclic) bond motifs is 1. The molecule has 7 nitrogen and oxygen atoms in total. The summed E-state index contributed by atoms with van der Waals surface area (Å²) in [7, 11) is -3.47. The van der Waals surface area contributed by atoms with Gasteiger partial charge in [0.25, 0.3) is 5.91 Å². The smallest absolute Gasteiger partial charge is 0.253 e. The molecule has 3 heterocycles. The fraction of sp³-hybridized carbons (Fsp3) is 0.208. The van der Waals surface area contributed by atoms with Crippen LogP contribution in [0.5, 0.6) is 0 Å². The van der Waals surface area contributed by atoms with Gasteiger partial charge in [-0.2, -0.15) is 0 Å². The average molecular weight is 479 g/mol. The summed E-state index contributed by atoms with van der Waals surface area (Å²) in [5, 5.41) is 3.04. The van der Waals surface area contributed by atoms with Crippen molar-refractivity contribution in [3.05, 3.63) is 83.5 Å². The van der Waals surface area contributed by atoms with Crippen molar-refractivity contribution >= 4 is 43.1 Å². The lowest BCUT2D eigenvalue weighted by Gasteiger charge is -2.35. The molecule has 9 heteroatoms. The Hall–Kier alpha value is -3.30. The number of aromatic nitrogens is 2. The minimum Gasteiger partial charge on any atom is -0.352 e. The van der Waals surface area contributed by atoms with E-state index in [1.54, 1.807) is 72.3 Å². The molecule has 1 aliphatic rings. The zero-order valence-corrected chi connectivity index (χ0v) is 19.4. The van der Waals surface area contributed by atoms with Crippen LogP contribution < -0.4 is 4.90 Å². The molecular weight excluding hydrogens is 456 g/mol. The first-order chi connectivity index (χ1) is 16.0. The van der Waals surface area contributed by atoms with Gasteiger partial charge >= 0.3 is 0 Å². The molecular formula is C24H22N4O3S2. The zero-order valence-electron chi connectivity index (χ0n) is 17.8. The number of carbonyl (C=O) groups is 1. The number of anilines is 1. The number of hydrogen-bond acceptors (Lipinski definition) is 7. The van der Waals surface area contributed by atoms with E-state index in [1.807, 2.05) is 16.3 Å². The molecule has 1 fully saturated rings. The van der Waals surface area contributed by atoms with Gasteiger partial charge in [0.05, 0.1) is 16.0 Å². The number of nitrogens with zero attached hydrogens (tertiary/aromatic N) is 4. The number of piperazine rings is 1. The third-order valence-corrected chi connectivity index (χ3v) is 8.26. The third-order valence-electron chi connectivity index (χ3n) is 5.74. The Balaban J connectivity index is 1.27. The quantitative estimate of drug-likeness (QED) is 0.436. The summed E-state index contributed by atoms with van der Waals surface area (Å²) in [6.45, 7) is 2.49. The van der Waals surface area contributed by atoms with E-state index >= 15 is 0 Å². The van der Waals surface area contributed by atoms with E-state index in [2.05, 4.69) is 14.9 Å². The van der Waals surface area contributed by atoms with Crippen molar-refractivity contribution in [1.29, 1.82) is 0 Å². The second-order valence-electron chi connectivity index (χ2n) is 7.89. The second kappa shape index (κ2) is 8.92. The van der Waals surface area contributed by atoms with Gasteiger partial charge in [-0.15, -0.1) is 11.3 Å². The third kappa shape index (κ3) is 4.46. The van der Waals surface area contributed by atoms with Crippen LogP contribution in [0.1, 0.15) is 15.9 Å². The van der Waals surface area contributed by atoms with Crippen LogP contribution in [0.25, 0.3) is 10.2 Å². The summed E-state index contributed by atoms with van der Waals surface area (Å²) >= 11 is 1.59. The van der Waals surface area contributed by atoms with Crippen LogP contribution in [0, 0.1) is 0 Å². The highest BCUT2D eigenvalue weighted by molar-refractivity contribution is 7.90. The van der Waals surface area contributed by atoms with Gasteiger partial charge in [-0.1, -0.05) is 30.3 Å². The van der Waals surface area contributed by atoms with Crippen molar-refractivity contribution < 1.29 is 13.2 Å². The van der Waals surface area contributed by atoms with Crippen molar-refractivity contribution in [2.45, 2.75) is 10.6 Å². The van der Waals surface area contributed by atoms with Crippen LogP contribution in [0.15, 0.2) is 77.3 Å². The van der Waals surface area contributed by atoms with E-state index in [9.17, 15) is 13.2 Å². The SMILES string of the molecule is O=C(c1cccc(CS(=O)(=O)c2ccccc2)c1)N1CCN(c2ncnc3sccc23)CC1. The number of hydrogen-bond donors (Lipinski definition) is 0. The molecule has 2 aromatic heterocycles. The molecule has 0 bridgehead atoms. The number of rotatable bonds is 5. The molecule has 2 aromatic carbocycles. The van der Waals surface area contributed by atoms with Gasteiger partial charge in [0.1, 0.15) is 17.0 Å². The highest BCUT2D eigenvalue weighted by Crippen LogP contribution is 2.27. The predicted octanol–water partition coefficient (Wildman–Crippen LogP) is 3.63. The minimum atomic E-state index is -3.47. The highest BCUT2D eigenvalue weighted by atomic mass is 32.2. The van der Waals surface area contributed by atoms with Crippen LogP contribution >= 0.6 is 11.3 Å². The van der Waals surface area contributed by atoms with E-state index < -0.39 is 9.84 Å². The first-order valence-electron chi connectivity index (χ1n) is 10.6. The summed E-state index contributed by atoms with van der Waals surface area (Å²) in [6, 6.07) is 17.3. The largest absolute Gasteiger partial charge is 0.352 e. The highest BCUT2D eigenvalue weighted by Gasteiger charge is 2.25. The average Bonchev–Trinajstić information content (AvgIpc) is 3.33. The number of thiophene rings is 1. The normalized spacial score (nSPS) is 14.5. The van der Waals surface area contributed by atoms with Crippen molar-refractivity contribution in [3.8, 4) is 0 Å². The molecule has 1 aliphatic heterocycles. The molecule has 1 saturated heterocycles. The fourth-order valence-electron chi connectivity index (χ4n) is 4.06. The van der Waals surface area contributed by atoms with Crippen LogP contribution in [-0.2, 0) is 15.6 Å². The maximum atomic E-state index is 13.1. The molecule has 0 unspecified atom stereocenters. The van der Waals surface area contributed by atoms with E-state index in [0.717, 1.165) is 16.0 Å². The summed E-state index contributed by atoms with van der Waals surface area (Å²) in [5.74, 6) is 0.675. The van der Waals surface area contributed by atoms with E-state index in [0.29, 0.717) is 37.3 Å². The Bertz CT molecular complexity index is 1400. The molecule has 4 aromatic rings. The van der Waals surface area contributed by atoms with Crippen LogP contribution in [0.2, 0.25) is 0 Å². The van der Waals surface area contributed by atoms with Gasteiger partial charge in [-0.05, 0) is 41.3 Å². The van der Waals surface area contributed by atoms with Crippen molar-refractivity contribution in [2.24, 2.45) is 0 Å². The molecule has 5 rings (SSSR count). The Morgan fingerprint density at radius 1 is 0.939 bits per heavy atom. The lowest BCUT2D eigenvalue weighted by molar-refractivity contribution is 0.0746. The maximum Gasteiger partial charge on any atom is 0.253 e. The first-order valence-corrected chi connectivity index (χ1v) is 13.1. The van der Waals surface area contributed by atoms with E-state index in [1.165, 1.54) is 0 Å². The van der Waals surface area contributed by atoms with E-state index in [-0.39, 0.29) is 16.6 Å². The molecule has 0 radical (unpaired) electrons. The van der Waals surface area contributed by atoms with Crippen LogP contribution in [-0.4, -0.2) is 55.4 Å². The molecule has 0 N–H and O–H groups in total. The summed E-state index contributed by atoms with van der Waals surface area (Å²) in [6.07, 6.45) is 1.58. The number of sulfone groups is 1. The van der Waals surface area contributed by atoms with Crippen LogP contribution in [0.3, 0.4) is 0 Å². The monoisotopic (exact) mass is 478 g/mol. The van der Waals surface area contributed by atoms with Crippen molar-refractivity contribution in [1.82, 2.24) is 14.9 Å². The maximum absolute atomic E-state index is 13.1. The van der Waals surface area contributed by atoms with Crippen LogP contribution in [0.4, 0.5) is 5.82 Å². The fourth-order valence-corrected chi connectivity index (χ4v) is 6.14. The Morgan fingerprint density at radius 2 is 1.73 bits per heavy atom. The molecule has 0 aliphatic carbocycles. The Morgan fingerprint density at radius 3 is 2.52 bits per heavy atom. The van der Waals surface area contributed by atoms with E-state index in [4.69, 9.17) is 0 Å². The molecule has 168 valence electrons. The standard InChI is InChI=1S/C24H22N4O3S2/c29-24(19-6-4-5-18(15-19)16-33(30,31)20-7-2-1-3-8-20)28-12-10-27(11-13-28)22-21-9-14-32-23(21)26-17-25-22/h1-9,14-15,17H,10-13,16H2. The summed E-state index contributed by atoms with van der Waals surface area (Å²) in [4.78, 5) is 27.1. The van der Waals surface area contributed by atoms with Gasteiger partial charge < -0.3 is 9.80 Å². The summed E-state index contributed by atoms with van der Waals surface area (Å²) in [5.41, 5.74) is 1.11. The number of carbonyl (C=O) groups excluding carboxylic acids is 1. The van der Waals surface area contributed by atoms with Crippen molar-refractivity contribution in [2.75, 3.05) is 31.1 Å². The minimum absolute atomic E-state index is 0.0861. The van der Waals surface area contributed by atoms with Gasteiger partial charge in [-0.25, -0.2) is 18.4 Å². The lowest BCUT2D eigenvalue weighted by Crippen LogP contribution is -2.49. The number of amides is 1. The topological polar surface area (TPSA) is 83.5 Å². The number of benzene rings is 2. The zero-order chi connectivity index (χ0) is 22.8. The molecule has 0 saturated carbocycles. The summed E-state index contributed by atoms with van der Waals surface area (Å²) < 4.78 is 25.4. The second-order valence-corrected chi connectivity index (χ2v) is 10.8. The Labute approximate surface area is 196 Å². The predicted molar refractivity (Wildman–Crippen MR) is 129 cm³/mol. The van der Waals surface area contributed by atoms with Gasteiger partial charge in [0, 0.05) is 31.7 Å². The molecule has 1 amide bonds. The van der Waals surface area contributed by atoms with Crippen molar-refractivity contribution in [3.63, 3.8) is 0 Å². The Kier molecular flexibility index (Phi) is 5.82. The van der Waals surface area contributed by atoms with Gasteiger partial charge in [0.15, 0.2) is 9.84 Å². The molecule has 0 spiro atoms.